The van der Waals surface area contributed by atoms with Crippen LogP contribution in [0.3, 0.4) is 0 Å². The predicted molar refractivity (Wildman–Crippen MR) is 292 cm³/mol. The Labute approximate surface area is 411 Å². The van der Waals surface area contributed by atoms with Crippen molar-refractivity contribution < 1.29 is 4.42 Å². The second-order valence-electron chi connectivity index (χ2n) is 22.5. The van der Waals surface area contributed by atoms with Crippen molar-refractivity contribution >= 4 is 68.6 Å². The van der Waals surface area contributed by atoms with E-state index in [-0.39, 0.29) is 16.2 Å². The third-order valence-corrected chi connectivity index (χ3v) is 17.5. The Morgan fingerprint density at radius 1 is 0.457 bits per heavy atom. The Morgan fingerprint density at radius 3 is 1.84 bits per heavy atom. The van der Waals surface area contributed by atoms with Gasteiger partial charge in [-0.3, -0.25) is 0 Å². The number of fused-ring (bicyclic) bond motifs is 19. The highest BCUT2D eigenvalue weighted by Gasteiger charge is 2.53. The molecule has 335 valence electrons. The average Bonchev–Trinajstić information content (AvgIpc) is 3.98. The molecular weight excluding hydrogens is 848 g/mol. The van der Waals surface area contributed by atoms with E-state index in [2.05, 4.69) is 235 Å². The van der Waals surface area contributed by atoms with Crippen molar-refractivity contribution in [2.75, 3.05) is 10.2 Å². The van der Waals surface area contributed by atoms with Crippen molar-refractivity contribution in [2.45, 2.75) is 76.0 Å². The Balaban J connectivity index is 1.03. The fraction of sp³-hybridized carbons (Fsp3) is 0.182. The van der Waals surface area contributed by atoms with Gasteiger partial charge >= 0.3 is 0 Å². The number of nitrogens with one attached hydrogen (secondary N) is 1. The topological polar surface area (TPSA) is 28.4 Å². The van der Waals surface area contributed by atoms with Gasteiger partial charge in [-0.05, 0) is 144 Å². The number of hydrogen-bond donors (Lipinski definition) is 1. The summed E-state index contributed by atoms with van der Waals surface area (Å²) in [6.07, 6.45) is 2.35. The summed E-state index contributed by atoms with van der Waals surface area (Å²) in [5.41, 5.74) is 27.7. The van der Waals surface area contributed by atoms with E-state index in [4.69, 9.17) is 4.42 Å². The van der Waals surface area contributed by atoms with Crippen molar-refractivity contribution in [3.05, 3.63) is 220 Å². The van der Waals surface area contributed by atoms with Gasteiger partial charge in [0.15, 0.2) is 12.9 Å². The molecule has 0 saturated carbocycles. The summed E-state index contributed by atoms with van der Waals surface area (Å²) < 4.78 is 7.18. The van der Waals surface area contributed by atoms with Gasteiger partial charge in [0.1, 0.15) is 5.58 Å². The van der Waals surface area contributed by atoms with E-state index in [1.807, 2.05) is 0 Å². The summed E-state index contributed by atoms with van der Waals surface area (Å²) in [5.74, 6) is 0. The zero-order valence-electron chi connectivity index (χ0n) is 40.6. The van der Waals surface area contributed by atoms with E-state index in [1.165, 1.54) is 101 Å². The minimum atomic E-state index is -0.516. The van der Waals surface area contributed by atoms with Crippen LogP contribution in [0.15, 0.2) is 180 Å². The lowest BCUT2D eigenvalue weighted by Crippen LogP contribution is -2.47. The van der Waals surface area contributed by atoms with Crippen LogP contribution in [0.5, 0.6) is 0 Å². The normalized spacial score (nSPS) is 17.1. The number of furan rings is 1. The largest absolute Gasteiger partial charge is 0.454 e. The number of nitrogens with zero attached hydrogens (tertiary/aromatic N) is 1. The maximum Gasteiger partial charge on any atom is 0.198 e. The molecule has 3 aliphatic carbocycles. The zero-order chi connectivity index (χ0) is 47.1. The second kappa shape index (κ2) is 13.6. The molecule has 1 N–H and O–H groups in total. The molecule has 15 rings (SSSR count). The van der Waals surface area contributed by atoms with Crippen LogP contribution in [0.4, 0.5) is 28.4 Å². The van der Waals surface area contributed by atoms with Gasteiger partial charge in [-0.15, -0.1) is 0 Å². The molecule has 10 aromatic rings. The molecule has 9 aromatic carbocycles. The molecule has 0 saturated heterocycles. The molecule has 0 amide bonds. The number of hydrogen-bond acceptors (Lipinski definition) is 3. The van der Waals surface area contributed by atoms with E-state index in [9.17, 15) is 0 Å². The highest BCUT2D eigenvalue weighted by atomic mass is 16.3. The first-order chi connectivity index (χ1) is 33.9. The van der Waals surface area contributed by atoms with Gasteiger partial charge in [0, 0.05) is 38.8 Å². The standard InChI is InChI=1S/C66H52BN2O/c1-63(2)32-33-64(3,4)54-34-38(30-31-50(54)63)68-56-37-43-41-20-7-11-22-47(41)65(5,6)53(43)36-44(56)45-35-46-42-21-10-16-29-58(42)70-62(46)61-59(45)67-55-27-17-26-52-60(55)69(61)57-28-15-14-25-51(57)66(52)48-23-12-8-18-39(48)40-19-9-13-24-49(40)66/h7-31,34-37,68H,32-33H2,1-6H3. The molecule has 1 radical (unpaired) electrons. The Bertz CT molecular complexity index is 3910. The summed E-state index contributed by atoms with van der Waals surface area (Å²) in [5, 5.41) is 6.37. The van der Waals surface area contributed by atoms with Crippen LogP contribution in [-0.4, -0.2) is 7.28 Å². The predicted octanol–water partition coefficient (Wildman–Crippen LogP) is 15.8. The van der Waals surface area contributed by atoms with Crippen LogP contribution in [-0.2, 0) is 21.7 Å². The van der Waals surface area contributed by atoms with Crippen molar-refractivity contribution in [2.24, 2.45) is 0 Å². The van der Waals surface area contributed by atoms with Crippen molar-refractivity contribution in [1.82, 2.24) is 0 Å². The van der Waals surface area contributed by atoms with Crippen LogP contribution >= 0.6 is 0 Å². The van der Waals surface area contributed by atoms with Crippen molar-refractivity contribution in [1.29, 1.82) is 0 Å². The fourth-order valence-corrected chi connectivity index (χ4v) is 14.0. The van der Waals surface area contributed by atoms with Gasteiger partial charge in [-0.25, -0.2) is 0 Å². The second-order valence-corrected chi connectivity index (χ2v) is 22.5. The lowest BCUT2D eigenvalue weighted by atomic mass is 9.54. The van der Waals surface area contributed by atoms with Crippen LogP contribution in [0, 0.1) is 0 Å². The summed E-state index contributed by atoms with van der Waals surface area (Å²) >= 11 is 0. The lowest BCUT2D eigenvalue weighted by molar-refractivity contribution is 0.332. The summed E-state index contributed by atoms with van der Waals surface area (Å²) in [6.45, 7) is 14.5. The molecule has 1 aromatic heterocycles. The van der Waals surface area contributed by atoms with Crippen molar-refractivity contribution in [3.8, 4) is 33.4 Å². The molecule has 4 heteroatoms. The van der Waals surface area contributed by atoms with Gasteiger partial charge in [0.05, 0.1) is 16.8 Å². The maximum atomic E-state index is 7.18. The van der Waals surface area contributed by atoms with E-state index < -0.39 is 5.41 Å². The number of para-hydroxylation sites is 3. The fourth-order valence-electron chi connectivity index (χ4n) is 14.0. The van der Waals surface area contributed by atoms with E-state index in [0.29, 0.717) is 0 Å². The quantitative estimate of drug-likeness (QED) is 0.179. The van der Waals surface area contributed by atoms with Crippen LogP contribution < -0.4 is 21.1 Å². The molecule has 3 heterocycles. The minimum Gasteiger partial charge on any atom is -0.454 e. The van der Waals surface area contributed by atoms with Crippen LogP contribution in [0.1, 0.15) is 98.9 Å². The number of anilines is 5. The first kappa shape index (κ1) is 40.3. The van der Waals surface area contributed by atoms with E-state index in [1.54, 1.807) is 0 Å². The van der Waals surface area contributed by atoms with Gasteiger partial charge in [-0.2, -0.15) is 0 Å². The zero-order valence-corrected chi connectivity index (χ0v) is 40.6. The molecule has 0 fully saturated rings. The molecule has 5 aliphatic rings. The van der Waals surface area contributed by atoms with Crippen LogP contribution in [0.25, 0.3) is 55.3 Å². The Hall–Kier alpha value is -7.56. The molecule has 70 heavy (non-hydrogen) atoms. The van der Waals surface area contributed by atoms with Gasteiger partial charge in [-0.1, -0.05) is 180 Å². The summed E-state index contributed by atoms with van der Waals surface area (Å²) in [4.78, 5) is 2.58. The maximum absolute atomic E-state index is 7.18. The Morgan fingerprint density at radius 2 is 1.09 bits per heavy atom. The molecule has 0 bridgehead atoms. The molecule has 3 nitrogen and oxygen atoms in total. The van der Waals surface area contributed by atoms with Crippen molar-refractivity contribution in [3.63, 3.8) is 0 Å². The summed E-state index contributed by atoms with van der Waals surface area (Å²) in [6, 6.07) is 66.6. The first-order valence-electron chi connectivity index (χ1n) is 25.2. The van der Waals surface area contributed by atoms with Gasteiger partial charge in [0.25, 0.3) is 0 Å². The average molecular weight is 900 g/mol. The SMILES string of the molecule is CC1(C)CCC(C)(C)c2cc(Nc3cc4c(cc3-c3cc5c(oc6ccccc65)c5c3[B]c3cccc6c3N5c3ccccc3C63c5ccccc5-c5ccccc53)C(C)(C)c3ccccc3-4)ccc21. The van der Waals surface area contributed by atoms with Crippen LogP contribution in [0.2, 0.25) is 0 Å². The van der Waals surface area contributed by atoms with Gasteiger partial charge < -0.3 is 14.6 Å². The molecule has 0 atom stereocenters. The first-order valence-corrected chi connectivity index (χ1v) is 25.2. The number of benzene rings is 9. The molecule has 0 unspecified atom stereocenters. The molecular formula is C66H52BN2O. The summed E-state index contributed by atoms with van der Waals surface area (Å²) in [7, 11) is 2.47. The Kier molecular flexibility index (Phi) is 7.84. The van der Waals surface area contributed by atoms with E-state index in [0.717, 1.165) is 50.9 Å². The number of rotatable bonds is 3. The molecule has 1 spiro atoms. The highest BCUT2D eigenvalue weighted by molar-refractivity contribution is 6.74. The third-order valence-electron chi connectivity index (χ3n) is 17.5. The van der Waals surface area contributed by atoms with E-state index >= 15 is 0 Å². The molecule has 2 aliphatic heterocycles. The smallest absolute Gasteiger partial charge is 0.198 e. The lowest BCUT2D eigenvalue weighted by Gasteiger charge is -2.48. The minimum absolute atomic E-state index is 0.0753. The monoisotopic (exact) mass is 899 g/mol. The third kappa shape index (κ3) is 5.06. The highest BCUT2D eigenvalue weighted by Crippen LogP contribution is 2.64. The van der Waals surface area contributed by atoms with Gasteiger partial charge in [0.2, 0.25) is 0 Å².